The van der Waals surface area contributed by atoms with Crippen molar-refractivity contribution < 1.29 is 13.2 Å². The van der Waals surface area contributed by atoms with Gasteiger partial charge in [0, 0.05) is 44.2 Å². The van der Waals surface area contributed by atoms with Crippen molar-refractivity contribution in [1.82, 2.24) is 15.1 Å². The number of piperazine rings is 1. The number of hydrogen-bond donors (Lipinski definition) is 1. The fourth-order valence-corrected chi connectivity index (χ4v) is 4.39. The molecule has 0 aromatic rings. The summed E-state index contributed by atoms with van der Waals surface area (Å²) in [5.41, 5.74) is 0. The van der Waals surface area contributed by atoms with Crippen molar-refractivity contribution in [1.29, 1.82) is 0 Å². The summed E-state index contributed by atoms with van der Waals surface area (Å²) in [4.78, 5) is 16.5. The van der Waals surface area contributed by atoms with Crippen LogP contribution in [0, 0.1) is 0 Å². The van der Waals surface area contributed by atoms with Crippen LogP contribution >= 0.6 is 0 Å². The number of sulfone groups is 1. The van der Waals surface area contributed by atoms with Crippen LogP contribution in [0.4, 0.5) is 0 Å². The van der Waals surface area contributed by atoms with Crippen LogP contribution in [0.2, 0.25) is 0 Å². The molecule has 6 nitrogen and oxygen atoms in total. The summed E-state index contributed by atoms with van der Waals surface area (Å²) in [6.45, 7) is 6.12. The molecule has 0 aliphatic carbocycles. The third-order valence-electron chi connectivity index (χ3n) is 4.43. The van der Waals surface area contributed by atoms with Gasteiger partial charge in [0.05, 0.1) is 11.5 Å². The van der Waals surface area contributed by atoms with E-state index in [2.05, 4.69) is 31.1 Å². The molecular formula is C13H25N3O3S. The third-order valence-corrected chi connectivity index (χ3v) is 6.17. The molecule has 0 bridgehead atoms. The Labute approximate surface area is 121 Å². The lowest BCUT2D eigenvalue weighted by Crippen LogP contribution is -2.57. The molecule has 0 spiro atoms. The summed E-state index contributed by atoms with van der Waals surface area (Å²) in [5.74, 6) is 0.323. The second kappa shape index (κ2) is 5.99. The molecule has 7 heteroatoms. The van der Waals surface area contributed by atoms with E-state index >= 15 is 0 Å². The molecule has 20 heavy (non-hydrogen) atoms. The summed E-state index contributed by atoms with van der Waals surface area (Å²) >= 11 is 0. The monoisotopic (exact) mass is 303 g/mol. The average molecular weight is 303 g/mol. The molecule has 2 fully saturated rings. The molecule has 2 rings (SSSR count). The number of carbonyl (C=O) groups is 1. The van der Waals surface area contributed by atoms with Gasteiger partial charge in [-0.15, -0.1) is 0 Å². The Morgan fingerprint density at radius 2 is 1.85 bits per heavy atom. The minimum absolute atomic E-state index is 0.0615. The first-order valence-corrected chi connectivity index (χ1v) is 9.04. The highest BCUT2D eigenvalue weighted by Gasteiger charge is 2.32. The predicted molar refractivity (Wildman–Crippen MR) is 78.3 cm³/mol. The van der Waals surface area contributed by atoms with Gasteiger partial charge in [0.1, 0.15) is 0 Å². The van der Waals surface area contributed by atoms with E-state index in [1.807, 2.05) is 4.90 Å². The van der Waals surface area contributed by atoms with Crippen LogP contribution in [0.25, 0.3) is 0 Å². The van der Waals surface area contributed by atoms with Gasteiger partial charge in [-0.05, 0) is 20.9 Å². The van der Waals surface area contributed by atoms with E-state index in [0.29, 0.717) is 18.6 Å². The van der Waals surface area contributed by atoms with E-state index < -0.39 is 9.84 Å². The van der Waals surface area contributed by atoms with Gasteiger partial charge in [0.25, 0.3) is 0 Å². The Kier molecular flexibility index (Phi) is 4.71. The van der Waals surface area contributed by atoms with Crippen LogP contribution < -0.4 is 5.32 Å². The number of carbonyl (C=O) groups excluding carboxylic acids is 1. The first kappa shape index (κ1) is 15.7. The molecule has 2 aliphatic heterocycles. The van der Waals surface area contributed by atoms with Crippen molar-refractivity contribution in [3.05, 3.63) is 0 Å². The molecule has 116 valence electrons. The molecule has 2 heterocycles. The number of likely N-dealkylation sites (N-methyl/N-ethyl adjacent to an activating group) is 1. The van der Waals surface area contributed by atoms with Crippen molar-refractivity contribution in [2.24, 2.45) is 0 Å². The third kappa shape index (κ3) is 3.71. The van der Waals surface area contributed by atoms with Crippen molar-refractivity contribution in [2.45, 2.75) is 38.4 Å². The van der Waals surface area contributed by atoms with E-state index in [1.165, 1.54) is 0 Å². The predicted octanol–water partition coefficient (Wildman–Crippen LogP) is -0.686. The average Bonchev–Trinajstić information content (AvgIpc) is 2.34. The summed E-state index contributed by atoms with van der Waals surface area (Å²) < 4.78 is 23.2. The van der Waals surface area contributed by atoms with Crippen molar-refractivity contribution in [3.8, 4) is 0 Å². The lowest BCUT2D eigenvalue weighted by atomic mass is 10.1. The van der Waals surface area contributed by atoms with Crippen molar-refractivity contribution >= 4 is 15.7 Å². The van der Waals surface area contributed by atoms with Crippen molar-refractivity contribution in [2.75, 3.05) is 38.2 Å². The summed E-state index contributed by atoms with van der Waals surface area (Å²) in [6.07, 6.45) is 0.280. The van der Waals surface area contributed by atoms with Crippen LogP contribution in [0.15, 0.2) is 0 Å². The molecule has 1 amide bonds. The van der Waals surface area contributed by atoms with Crippen LogP contribution in [0.1, 0.15) is 20.3 Å². The van der Waals surface area contributed by atoms with Crippen LogP contribution in [-0.4, -0.2) is 80.4 Å². The highest BCUT2D eigenvalue weighted by atomic mass is 32.2. The second-order valence-corrected chi connectivity index (χ2v) is 8.36. The zero-order valence-electron chi connectivity index (χ0n) is 12.5. The highest BCUT2D eigenvalue weighted by molar-refractivity contribution is 7.91. The Balaban J connectivity index is 1.92. The normalized spacial score (nSPS) is 35.0. The first-order chi connectivity index (χ1) is 9.28. The SMILES string of the molecule is CC1CN(C(=O)CC2CS(=O)(=O)CCN2)CC(C)N1C. The maximum absolute atomic E-state index is 12.3. The largest absolute Gasteiger partial charge is 0.340 e. The standard InChI is InChI=1S/C13H25N3O3S/c1-10-7-16(8-11(2)15(10)3)13(17)6-12-9-20(18,19)5-4-14-12/h10-12,14H,4-9H2,1-3H3. The number of hydrogen-bond acceptors (Lipinski definition) is 5. The van der Waals surface area contributed by atoms with Crippen LogP contribution in [0.5, 0.6) is 0 Å². The molecule has 2 aliphatic rings. The fourth-order valence-electron chi connectivity index (χ4n) is 2.95. The Morgan fingerprint density at radius 1 is 1.25 bits per heavy atom. The fraction of sp³-hybridized carbons (Fsp3) is 0.923. The maximum atomic E-state index is 12.3. The molecular weight excluding hydrogens is 278 g/mol. The summed E-state index contributed by atoms with van der Waals surface area (Å²) in [7, 11) is -0.904. The van der Waals surface area contributed by atoms with Gasteiger partial charge in [0.2, 0.25) is 5.91 Å². The number of amides is 1. The van der Waals surface area contributed by atoms with E-state index in [9.17, 15) is 13.2 Å². The van der Waals surface area contributed by atoms with E-state index in [4.69, 9.17) is 0 Å². The van der Waals surface area contributed by atoms with Gasteiger partial charge in [0.15, 0.2) is 9.84 Å². The molecule has 3 unspecified atom stereocenters. The topological polar surface area (TPSA) is 69.7 Å². The zero-order valence-corrected chi connectivity index (χ0v) is 13.3. The quantitative estimate of drug-likeness (QED) is 0.731. The molecule has 1 N–H and O–H groups in total. The van der Waals surface area contributed by atoms with Gasteiger partial charge >= 0.3 is 0 Å². The van der Waals surface area contributed by atoms with E-state index in [0.717, 1.165) is 13.1 Å². The summed E-state index contributed by atoms with van der Waals surface area (Å²) in [5, 5.41) is 3.14. The van der Waals surface area contributed by atoms with Gasteiger partial charge in [-0.2, -0.15) is 0 Å². The molecule has 3 atom stereocenters. The molecule has 0 aromatic heterocycles. The number of nitrogens with one attached hydrogen (secondary N) is 1. The van der Waals surface area contributed by atoms with Gasteiger partial charge in [-0.3, -0.25) is 9.69 Å². The molecule has 0 aromatic carbocycles. The van der Waals surface area contributed by atoms with E-state index in [1.54, 1.807) is 0 Å². The van der Waals surface area contributed by atoms with Gasteiger partial charge < -0.3 is 10.2 Å². The van der Waals surface area contributed by atoms with Crippen molar-refractivity contribution in [3.63, 3.8) is 0 Å². The smallest absolute Gasteiger partial charge is 0.224 e. The Bertz CT molecular complexity index is 453. The lowest BCUT2D eigenvalue weighted by molar-refractivity contribution is -0.135. The number of nitrogens with zero attached hydrogens (tertiary/aromatic N) is 2. The Hall–Kier alpha value is -0.660. The zero-order chi connectivity index (χ0) is 14.9. The molecule has 0 saturated carbocycles. The maximum Gasteiger partial charge on any atom is 0.224 e. The first-order valence-electron chi connectivity index (χ1n) is 7.22. The van der Waals surface area contributed by atoms with Gasteiger partial charge in [-0.25, -0.2) is 8.42 Å². The number of rotatable bonds is 2. The lowest BCUT2D eigenvalue weighted by Gasteiger charge is -2.42. The minimum Gasteiger partial charge on any atom is -0.340 e. The summed E-state index contributed by atoms with van der Waals surface area (Å²) in [6, 6.07) is 0.447. The minimum atomic E-state index is -2.98. The molecule has 0 radical (unpaired) electrons. The highest BCUT2D eigenvalue weighted by Crippen LogP contribution is 2.15. The molecule has 2 saturated heterocycles. The van der Waals surface area contributed by atoms with E-state index in [-0.39, 0.29) is 29.9 Å². The van der Waals surface area contributed by atoms with Crippen LogP contribution in [-0.2, 0) is 14.6 Å². The van der Waals surface area contributed by atoms with Crippen LogP contribution in [0.3, 0.4) is 0 Å². The second-order valence-electron chi connectivity index (χ2n) is 6.13. The Morgan fingerprint density at radius 3 is 2.40 bits per heavy atom. The van der Waals surface area contributed by atoms with Gasteiger partial charge in [-0.1, -0.05) is 0 Å².